The second-order valence-electron chi connectivity index (χ2n) is 1.69. The summed E-state index contributed by atoms with van der Waals surface area (Å²) in [4.78, 5) is 0. The van der Waals surface area contributed by atoms with Crippen LogP contribution in [0, 0.1) is 4.64 Å². The summed E-state index contributed by atoms with van der Waals surface area (Å²) >= 11 is 4.76. The minimum atomic E-state index is 0.431. The topological polar surface area (TPSA) is 63.9 Å². The highest BCUT2D eigenvalue weighted by atomic mass is 32.1. The Morgan fingerprint density at radius 3 is 3.00 bits per heavy atom. The molecule has 1 aromatic rings. The first-order valence-electron chi connectivity index (χ1n) is 2.63. The molecule has 0 amide bonds. The maximum Gasteiger partial charge on any atom is 0.232 e. The number of nitrogens with one attached hydrogen (secondary N) is 1. The Morgan fingerprint density at radius 1 is 1.80 bits per heavy atom. The van der Waals surface area contributed by atoms with E-state index < -0.39 is 0 Å². The van der Waals surface area contributed by atoms with Gasteiger partial charge in [0.25, 0.3) is 0 Å². The number of nitrogen functional groups attached to an aromatic ring is 1. The van der Waals surface area contributed by atoms with Gasteiger partial charge in [-0.15, -0.1) is 5.10 Å². The molecule has 5 heteroatoms. The first kappa shape index (κ1) is 7.01. The summed E-state index contributed by atoms with van der Waals surface area (Å²) in [6.07, 6.45) is 0. The van der Waals surface area contributed by atoms with Crippen LogP contribution in [0.1, 0.15) is 0 Å². The monoisotopic (exact) mass is 157 g/mol. The maximum absolute atomic E-state index is 5.44. The Kier molecular flexibility index (Phi) is 1.86. The number of hydrogen-bond donors (Lipinski definition) is 2. The third-order valence-electron chi connectivity index (χ3n) is 1.02. The van der Waals surface area contributed by atoms with Gasteiger partial charge in [0.2, 0.25) is 5.88 Å². The van der Waals surface area contributed by atoms with Crippen LogP contribution in [0.2, 0.25) is 0 Å². The van der Waals surface area contributed by atoms with Crippen molar-refractivity contribution in [3.05, 3.63) is 10.7 Å². The molecular formula is C5H7N3OS. The molecule has 10 heavy (non-hydrogen) atoms. The van der Waals surface area contributed by atoms with Crippen molar-refractivity contribution < 1.29 is 4.74 Å². The lowest BCUT2D eigenvalue weighted by Gasteiger charge is -1.97. The van der Waals surface area contributed by atoms with Crippen LogP contribution in [-0.4, -0.2) is 17.3 Å². The highest BCUT2D eigenvalue weighted by molar-refractivity contribution is 7.71. The predicted octanol–water partition coefficient (Wildman–Crippen LogP) is 0.730. The fourth-order valence-electron chi connectivity index (χ4n) is 0.506. The van der Waals surface area contributed by atoms with E-state index in [1.807, 2.05) is 0 Å². The van der Waals surface area contributed by atoms with Crippen LogP contribution in [-0.2, 0) is 0 Å². The molecule has 0 saturated carbocycles. The first-order chi connectivity index (χ1) is 4.74. The van der Waals surface area contributed by atoms with E-state index in [0.717, 1.165) is 0 Å². The number of aromatic amines is 1. The number of ether oxygens (including phenoxy) is 1. The Balaban J connectivity index is 3.17. The lowest BCUT2D eigenvalue weighted by Crippen LogP contribution is -1.94. The second kappa shape index (κ2) is 2.66. The Labute approximate surface area is 63.0 Å². The van der Waals surface area contributed by atoms with Gasteiger partial charge < -0.3 is 10.5 Å². The summed E-state index contributed by atoms with van der Waals surface area (Å²) in [5.74, 6) is 0.436. The molecule has 0 radical (unpaired) electrons. The SMILES string of the molecule is COc1cc(N)c(=S)[nH]n1. The average molecular weight is 157 g/mol. The van der Waals surface area contributed by atoms with Gasteiger partial charge in [-0.3, -0.25) is 5.10 Å². The van der Waals surface area contributed by atoms with Crippen molar-refractivity contribution in [3.8, 4) is 5.88 Å². The fraction of sp³-hybridized carbons (Fsp3) is 0.200. The van der Waals surface area contributed by atoms with E-state index in [1.165, 1.54) is 7.11 Å². The largest absolute Gasteiger partial charge is 0.480 e. The highest BCUT2D eigenvalue weighted by Crippen LogP contribution is 2.08. The van der Waals surface area contributed by atoms with E-state index in [-0.39, 0.29) is 0 Å². The van der Waals surface area contributed by atoms with Gasteiger partial charge in [-0.2, -0.15) is 0 Å². The van der Waals surface area contributed by atoms with Crippen molar-refractivity contribution in [1.29, 1.82) is 0 Å². The molecule has 54 valence electrons. The van der Waals surface area contributed by atoms with E-state index in [4.69, 9.17) is 22.7 Å². The molecule has 0 aromatic carbocycles. The summed E-state index contributed by atoms with van der Waals surface area (Å²) in [7, 11) is 1.51. The number of nitrogens with zero attached hydrogens (tertiary/aromatic N) is 1. The molecule has 0 aliphatic rings. The van der Waals surface area contributed by atoms with Crippen LogP contribution in [0.25, 0.3) is 0 Å². The van der Waals surface area contributed by atoms with Crippen LogP contribution in [0.5, 0.6) is 5.88 Å². The fourth-order valence-corrected chi connectivity index (χ4v) is 0.610. The van der Waals surface area contributed by atoms with E-state index in [1.54, 1.807) is 6.07 Å². The zero-order chi connectivity index (χ0) is 7.56. The number of hydrogen-bond acceptors (Lipinski definition) is 4. The zero-order valence-corrected chi connectivity index (χ0v) is 6.23. The number of aromatic nitrogens is 2. The number of nitrogens with two attached hydrogens (primary N) is 1. The van der Waals surface area contributed by atoms with E-state index in [2.05, 4.69) is 10.2 Å². The van der Waals surface area contributed by atoms with Crippen LogP contribution in [0.4, 0.5) is 5.69 Å². The Bertz CT molecular complexity index is 282. The number of methoxy groups -OCH3 is 1. The van der Waals surface area contributed by atoms with Gasteiger partial charge in [0.1, 0.15) is 4.64 Å². The van der Waals surface area contributed by atoms with E-state index in [0.29, 0.717) is 16.2 Å². The molecule has 0 aliphatic carbocycles. The molecule has 0 unspecified atom stereocenters. The molecule has 4 nitrogen and oxygen atoms in total. The van der Waals surface area contributed by atoms with Gasteiger partial charge in [-0.05, 0) is 0 Å². The third-order valence-corrected chi connectivity index (χ3v) is 1.34. The van der Waals surface area contributed by atoms with Crippen LogP contribution in [0.15, 0.2) is 6.07 Å². The molecule has 0 atom stereocenters. The normalized spacial score (nSPS) is 9.30. The van der Waals surface area contributed by atoms with Crippen molar-refractivity contribution in [2.75, 3.05) is 12.8 Å². The standard InChI is InChI=1S/C5H7N3OS/c1-9-4-2-3(6)5(10)8-7-4/h2H,1H3,(H2,6,7)(H,8,10). The van der Waals surface area contributed by atoms with Gasteiger partial charge in [0, 0.05) is 6.07 Å². The molecule has 0 aliphatic heterocycles. The van der Waals surface area contributed by atoms with Crippen molar-refractivity contribution in [2.45, 2.75) is 0 Å². The predicted molar refractivity (Wildman–Crippen MR) is 40.4 cm³/mol. The molecule has 0 bridgehead atoms. The molecule has 1 rings (SSSR count). The van der Waals surface area contributed by atoms with Crippen molar-refractivity contribution >= 4 is 17.9 Å². The third kappa shape index (κ3) is 1.24. The quantitative estimate of drug-likeness (QED) is 0.590. The molecule has 1 heterocycles. The smallest absolute Gasteiger partial charge is 0.232 e. The summed E-state index contributed by atoms with van der Waals surface area (Å²) in [6.45, 7) is 0. The Hall–Kier alpha value is -1.10. The van der Waals surface area contributed by atoms with Crippen LogP contribution >= 0.6 is 12.2 Å². The van der Waals surface area contributed by atoms with Crippen LogP contribution in [0.3, 0.4) is 0 Å². The summed E-state index contributed by atoms with van der Waals surface area (Å²) in [5.41, 5.74) is 5.91. The van der Waals surface area contributed by atoms with Crippen molar-refractivity contribution in [3.63, 3.8) is 0 Å². The van der Waals surface area contributed by atoms with E-state index >= 15 is 0 Å². The summed E-state index contributed by atoms with van der Waals surface area (Å²) in [6, 6.07) is 1.57. The number of anilines is 1. The van der Waals surface area contributed by atoms with Gasteiger partial charge in [0.05, 0.1) is 12.8 Å². The molecule has 0 fully saturated rings. The molecule has 0 saturated heterocycles. The van der Waals surface area contributed by atoms with Gasteiger partial charge in [0.15, 0.2) is 0 Å². The zero-order valence-electron chi connectivity index (χ0n) is 5.42. The molecule has 3 N–H and O–H groups in total. The summed E-state index contributed by atoms with van der Waals surface area (Å²) < 4.78 is 5.21. The lowest BCUT2D eigenvalue weighted by molar-refractivity contribution is 0.392. The molecule has 0 spiro atoms. The highest BCUT2D eigenvalue weighted by Gasteiger charge is 1.93. The minimum absolute atomic E-state index is 0.431. The summed E-state index contributed by atoms with van der Waals surface area (Å²) in [5, 5.41) is 6.26. The van der Waals surface area contributed by atoms with Gasteiger partial charge >= 0.3 is 0 Å². The van der Waals surface area contributed by atoms with Crippen molar-refractivity contribution in [1.82, 2.24) is 10.2 Å². The average Bonchev–Trinajstić information content (AvgIpc) is 1.95. The molecular weight excluding hydrogens is 150 g/mol. The minimum Gasteiger partial charge on any atom is -0.480 e. The first-order valence-corrected chi connectivity index (χ1v) is 3.04. The van der Waals surface area contributed by atoms with Crippen LogP contribution < -0.4 is 10.5 Å². The van der Waals surface area contributed by atoms with E-state index in [9.17, 15) is 0 Å². The maximum atomic E-state index is 5.44. The second-order valence-corrected chi connectivity index (χ2v) is 2.10. The Morgan fingerprint density at radius 2 is 2.50 bits per heavy atom. The number of H-pyrrole nitrogens is 1. The van der Waals surface area contributed by atoms with Gasteiger partial charge in [-0.1, -0.05) is 12.2 Å². The molecule has 1 aromatic heterocycles. The van der Waals surface area contributed by atoms with Gasteiger partial charge in [-0.25, -0.2) is 0 Å². The lowest BCUT2D eigenvalue weighted by atomic mass is 10.5. The number of rotatable bonds is 1. The van der Waals surface area contributed by atoms with Crippen molar-refractivity contribution in [2.24, 2.45) is 0 Å².